The third kappa shape index (κ3) is 2.98. The second-order valence-electron chi connectivity index (χ2n) is 6.56. The Kier molecular flexibility index (Phi) is 4.31. The van der Waals surface area contributed by atoms with Gasteiger partial charge < -0.3 is 14.5 Å². The van der Waals surface area contributed by atoms with Crippen molar-refractivity contribution in [2.45, 2.75) is 19.0 Å². The summed E-state index contributed by atoms with van der Waals surface area (Å²) >= 11 is 0. The summed E-state index contributed by atoms with van der Waals surface area (Å²) in [5.74, 6) is 0.767. The Hall–Kier alpha value is -3.68. The normalized spacial score (nSPS) is 19.0. The number of oxazole rings is 1. The van der Waals surface area contributed by atoms with Crippen molar-refractivity contribution >= 4 is 11.9 Å². The maximum atomic E-state index is 12.9. The van der Waals surface area contributed by atoms with Gasteiger partial charge in [0.15, 0.2) is 0 Å². The van der Waals surface area contributed by atoms with Gasteiger partial charge in [-0.05, 0) is 37.3 Å². The van der Waals surface area contributed by atoms with Gasteiger partial charge in [0.2, 0.25) is 5.89 Å². The highest BCUT2D eigenvalue weighted by Crippen LogP contribution is 2.29. The van der Waals surface area contributed by atoms with E-state index in [1.165, 1.54) is 6.26 Å². The van der Waals surface area contributed by atoms with Gasteiger partial charge in [-0.2, -0.15) is 0 Å². The minimum atomic E-state index is -1.16. The van der Waals surface area contributed by atoms with Crippen molar-refractivity contribution in [3.63, 3.8) is 0 Å². The molecule has 0 unspecified atom stereocenters. The number of imide groups is 1. The highest BCUT2D eigenvalue weighted by Gasteiger charge is 2.49. The van der Waals surface area contributed by atoms with Crippen molar-refractivity contribution in [1.29, 1.82) is 0 Å². The summed E-state index contributed by atoms with van der Waals surface area (Å²) in [5, 5.41) is 2.74. The Morgan fingerprint density at radius 1 is 1.21 bits per heavy atom. The van der Waals surface area contributed by atoms with E-state index in [4.69, 9.17) is 9.15 Å². The highest BCUT2D eigenvalue weighted by atomic mass is 16.5. The van der Waals surface area contributed by atoms with E-state index in [1.807, 2.05) is 12.1 Å². The predicted octanol–water partition coefficient (Wildman–Crippen LogP) is 2.71. The fourth-order valence-corrected chi connectivity index (χ4v) is 3.10. The summed E-state index contributed by atoms with van der Waals surface area (Å²) in [7, 11) is 1.59. The number of amides is 3. The van der Waals surface area contributed by atoms with Crippen LogP contribution in [0.2, 0.25) is 0 Å². The first kappa shape index (κ1) is 17.7. The molecule has 1 fully saturated rings. The molecular weight excluding hydrogens is 360 g/mol. The summed E-state index contributed by atoms with van der Waals surface area (Å²) in [4.78, 5) is 34.9. The first-order chi connectivity index (χ1) is 13.5. The highest BCUT2D eigenvalue weighted by molar-refractivity contribution is 6.07. The van der Waals surface area contributed by atoms with Crippen LogP contribution >= 0.6 is 0 Å². The van der Waals surface area contributed by atoms with Crippen LogP contribution in [-0.2, 0) is 16.9 Å². The lowest BCUT2D eigenvalue weighted by Gasteiger charge is -2.21. The average Bonchev–Trinajstić information content (AvgIpc) is 3.28. The molecule has 0 bridgehead atoms. The molecule has 1 saturated heterocycles. The van der Waals surface area contributed by atoms with Gasteiger partial charge in [-0.1, -0.05) is 6.07 Å². The molecule has 0 aliphatic carbocycles. The van der Waals surface area contributed by atoms with Crippen molar-refractivity contribution in [1.82, 2.24) is 20.2 Å². The molecule has 3 amide bonds. The third-order valence-electron chi connectivity index (χ3n) is 4.72. The molecule has 4 rings (SSSR count). The Morgan fingerprint density at radius 3 is 2.68 bits per heavy atom. The molecule has 1 N–H and O–H groups in total. The number of benzene rings is 1. The van der Waals surface area contributed by atoms with Crippen molar-refractivity contribution in [2.24, 2.45) is 0 Å². The van der Waals surface area contributed by atoms with Crippen LogP contribution in [0.5, 0.6) is 5.75 Å². The molecule has 8 heteroatoms. The quantitative estimate of drug-likeness (QED) is 0.686. The van der Waals surface area contributed by atoms with E-state index in [2.05, 4.69) is 15.3 Å². The Balaban J connectivity index is 1.54. The zero-order valence-electron chi connectivity index (χ0n) is 15.4. The SMILES string of the molecule is COc1ccc(-c2nc(CN3C(=O)N[C@](C)(c4cccnc4)C3=O)co2)cc1. The molecule has 0 spiro atoms. The number of nitrogens with zero attached hydrogens (tertiary/aromatic N) is 3. The Morgan fingerprint density at radius 2 is 2.00 bits per heavy atom. The minimum absolute atomic E-state index is 0.0141. The van der Waals surface area contributed by atoms with E-state index in [0.29, 0.717) is 17.1 Å². The fraction of sp³-hybridized carbons (Fsp3) is 0.200. The number of hydrogen-bond acceptors (Lipinski definition) is 6. The topological polar surface area (TPSA) is 97.6 Å². The standard InChI is InChI=1S/C20H18N4O4/c1-20(14-4-3-9-21-10-14)18(25)24(19(26)23-20)11-15-12-28-17(22-15)13-5-7-16(27-2)8-6-13/h3-10,12H,11H2,1-2H3,(H,23,26)/t20-/m1/s1. The molecule has 0 saturated carbocycles. The molecule has 3 aromatic rings. The minimum Gasteiger partial charge on any atom is -0.497 e. The number of ether oxygens (including phenoxy) is 1. The number of carbonyl (C=O) groups is 2. The second kappa shape index (κ2) is 6.80. The lowest BCUT2D eigenvalue weighted by Crippen LogP contribution is -2.40. The second-order valence-corrected chi connectivity index (χ2v) is 6.56. The monoisotopic (exact) mass is 378 g/mol. The molecule has 8 nitrogen and oxygen atoms in total. The number of carbonyl (C=O) groups excluding carboxylic acids is 2. The van der Waals surface area contributed by atoms with Crippen molar-refractivity contribution in [2.75, 3.05) is 7.11 Å². The van der Waals surface area contributed by atoms with Crippen molar-refractivity contribution < 1.29 is 18.7 Å². The number of rotatable bonds is 5. The molecule has 2 aromatic heterocycles. The lowest BCUT2D eigenvalue weighted by molar-refractivity contribution is -0.131. The largest absolute Gasteiger partial charge is 0.497 e. The van der Waals surface area contributed by atoms with E-state index < -0.39 is 11.6 Å². The maximum absolute atomic E-state index is 12.9. The van der Waals surface area contributed by atoms with Gasteiger partial charge in [-0.25, -0.2) is 9.78 Å². The number of urea groups is 1. The van der Waals surface area contributed by atoms with Crippen molar-refractivity contribution in [3.8, 4) is 17.2 Å². The van der Waals surface area contributed by atoms with Gasteiger partial charge in [0.25, 0.3) is 5.91 Å². The summed E-state index contributed by atoms with van der Waals surface area (Å²) < 4.78 is 10.6. The molecule has 28 heavy (non-hydrogen) atoms. The molecule has 0 radical (unpaired) electrons. The van der Waals surface area contributed by atoms with Crippen LogP contribution in [0.15, 0.2) is 59.5 Å². The Labute approximate surface area is 161 Å². The van der Waals surface area contributed by atoms with Crippen LogP contribution < -0.4 is 10.1 Å². The van der Waals surface area contributed by atoms with E-state index in [1.54, 1.807) is 50.7 Å². The summed E-state index contributed by atoms with van der Waals surface area (Å²) in [6.45, 7) is 1.68. The van der Waals surface area contributed by atoms with Crippen molar-refractivity contribution in [3.05, 3.63) is 66.3 Å². The zero-order chi connectivity index (χ0) is 19.7. The fourth-order valence-electron chi connectivity index (χ4n) is 3.10. The van der Waals surface area contributed by atoms with Gasteiger partial charge in [0, 0.05) is 23.5 Å². The van der Waals surface area contributed by atoms with Gasteiger partial charge in [-0.3, -0.25) is 14.7 Å². The number of aromatic nitrogens is 2. The summed E-state index contributed by atoms with van der Waals surface area (Å²) in [5.41, 5.74) is 0.706. The predicted molar refractivity (Wildman–Crippen MR) is 99.2 cm³/mol. The lowest BCUT2D eigenvalue weighted by atomic mass is 9.93. The first-order valence-corrected chi connectivity index (χ1v) is 8.65. The molecule has 3 heterocycles. The Bertz CT molecular complexity index is 1020. The van der Waals surface area contributed by atoms with Crippen LogP contribution in [0, 0.1) is 0 Å². The molecular formula is C20H18N4O4. The van der Waals surface area contributed by atoms with E-state index in [9.17, 15) is 9.59 Å². The zero-order valence-corrected chi connectivity index (χ0v) is 15.4. The van der Waals surface area contributed by atoms with Gasteiger partial charge in [-0.15, -0.1) is 0 Å². The van der Waals surface area contributed by atoms with Crippen LogP contribution in [-0.4, -0.2) is 33.9 Å². The van der Waals surface area contributed by atoms with E-state index in [0.717, 1.165) is 16.2 Å². The number of pyridine rings is 1. The van der Waals surface area contributed by atoms with Crippen LogP contribution in [0.25, 0.3) is 11.5 Å². The first-order valence-electron chi connectivity index (χ1n) is 8.65. The number of methoxy groups -OCH3 is 1. The smallest absolute Gasteiger partial charge is 0.325 e. The number of hydrogen-bond donors (Lipinski definition) is 1. The molecule has 142 valence electrons. The molecule has 1 atom stereocenters. The summed E-state index contributed by atoms with van der Waals surface area (Å²) in [6, 6.07) is 10.2. The average molecular weight is 378 g/mol. The molecule has 1 aromatic carbocycles. The van der Waals surface area contributed by atoms with Crippen LogP contribution in [0.1, 0.15) is 18.2 Å². The van der Waals surface area contributed by atoms with Gasteiger partial charge >= 0.3 is 6.03 Å². The number of nitrogens with one attached hydrogen (secondary N) is 1. The third-order valence-corrected chi connectivity index (χ3v) is 4.72. The van der Waals surface area contributed by atoms with E-state index >= 15 is 0 Å². The van der Waals surface area contributed by atoms with Crippen LogP contribution in [0.3, 0.4) is 0 Å². The molecule has 1 aliphatic rings. The summed E-state index contributed by atoms with van der Waals surface area (Å²) in [6.07, 6.45) is 4.63. The van der Waals surface area contributed by atoms with Gasteiger partial charge in [0.1, 0.15) is 17.6 Å². The van der Waals surface area contributed by atoms with Crippen LogP contribution in [0.4, 0.5) is 4.79 Å². The van der Waals surface area contributed by atoms with Gasteiger partial charge in [0.05, 0.1) is 19.3 Å². The molecule has 1 aliphatic heterocycles. The van der Waals surface area contributed by atoms with E-state index in [-0.39, 0.29) is 12.5 Å². The maximum Gasteiger partial charge on any atom is 0.325 e.